The molecule has 0 aromatic heterocycles. The molecular weight excluding hydrogens is 220 g/mol. The minimum Gasteiger partial charge on any atom is -0.493 e. The van der Waals surface area contributed by atoms with Gasteiger partial charge in [-0.25, -0.2) is 0 Å². The minimum absolute atomic E-state index is 0.116. The number of carbonyl (C=O) groups is 1. The molecule has 5 nitrogen and oxygen atoms in total. The number of nitrogen functional groups attached to an aromatic ring is 1. The molecule has 1 atom stereocenters. The number of methoxy groups -OCH3 is 1. The lowest BCUT2D eigenvalue weighted by Gasteiger charge is -2.19. The zero-order valence-corrected chi connectivity index (χ0v) is 10.6. The van der Waals surface area contributed by atoms with Gasteiger partial charge >= 0.3 is 0 Å². The Morgan fingerprint density at radius 3 is 2.53 bits per heavy atom. The molecule has 0 radical (unpaired) electrons. The van der Waals surface area contributed by atoms with Gasteiger partial charge in [-0.15, -0.1) is 0 Å². The van der Waals surface area contributed by atoms with Crippen molar-refractivity contribution in [3.8, 4) is 11.5 Å². The average Bonchev–Trinajstić information content (AvgIpc) is 2.28. The van der Waals surface area contributed by atoms with Crippen LogP contribution in [-0.4, -0.2) is 38.1 Å². The highest BCUT2D eigenvalue weighted by Gasteiger charge is 2.18. The molecule has 0 saturated carbocycles. The number of rotatable bonds is 4. The number of nitrogens with two attached hydrogens (primary N) is 1. The summed E-state index contributed by atoms with van der Waals surface area (Å²) >= 11 is 0. The van der Waals surface area contributed by atoms with Crippen molar-refractivity contribution in [2.75, 3.05) is 26.9 Å². The van der Waals surface area contributed by atoms with Gasteiger partial charge in [0.25, 0.3) is 5.91 Å². The van der Waals surface area contributed by atoms with Crippen LogP contribution < -0.4 is 15.2 Å². The lowest BCUT2D eigenvalue weighted by Crippen LogP contribution is -2.35. The van der Waals surface area contributed by atoms with E-state index in [1.165, 1.54) is 12.0 Å². The second-order valence-electron chi connectivity index (χ2n) is 3.90. The van der Waals surface area contributed by atoms with E-state index >= 15 is 0 Å². The molecule has 0 heterocycles. The molecule has 0 aliphatic heterocycles. The van der Waals surface area contributed by atoms with Crippen molar-refractivity contribution < 1.29 is 14.3 Å². The predicted molar refractivity (Wildman–Crippen MR) is 66.2 cm³/mol. The molecule has 1 unspecified atom stereocenters. The van der Waals surface area contributed by atoms with Crippen LogP contribution in [0.4, 0.5) is 5.69 Å². The molecule has 0 fully saturated rings. The van der Waals surface area contributed by atoms with Crippen LogP contribution in [0, 0.1) is 0 Å². The Balaban J connectivity index is 2.87. The van der Waals surface area contributed by atoms with Crippen molar-refractivity contribution in [3.05, 3.63) is 18.2 Å². The number of hydrogen-bond acceptors (Lipinski definition) is 4. The van der Waals surface area contributed by atoms with E-state index in [9.17, 15) is 4.79 Å². The second-order valence-corrected chi connectivity index (χ2v) is 3.90. The van der Waals surface area contributed by atoms with Gasteiger partial charge in [-0.1, -0.05) is 0 Å². The van der Waals surface area contributed by atoms with E-state index < -0.39 is 6.10 Å². The molecule has 0 bridgehead atoms. The predicted octanol–water partition coefficient (Wildman–Crippen LogP) is 1.13. The van der Waals surface area contributed by atoms with E-state index in [1.807, 2.05) is 0 Å². The molecule has 5 heteroatoms. The van der Waals surface area contributed by atoms with Crippen LogP contribution in [0.25, 0.3) is 0 Å². The number of likely N-dealkylation sites (N-methyl/N-ethyl adjacent to an activating group) is 1. The number of carbonyl (C=O) groups excluding carboxylic acids is 1. The molecule has 17 heavy (non-hydrogen) atoms. The van der Waals surface area contributed by atoms with Gasteiger partial charge in [0.2, 0.25) is 0 Å². The topological polar surface area (TPSA) is 64.8 Å². The van der Waals surface area contributed by atoms with E-state index in [1.54, 1.807) is 39.2 Å². The third-order valence-electron chi connectivity index (χ3n) is 2.28. The molecular formula is C12H18N2O3. The van der Waals surface area contributed by atoms with Gasteiger partial charge in [0.05, 0.1) is 7.11 Å². The molecule has 1 aromatic carbocycles. The van der Waals surface area contributed by atoms with Crippen LogP contribution in [0.2, 0.25) is 0 Å². The first-order chi connectivity index (χ1) is 7.95. The lowest BCUT2D eigenvalue weighted by molar-refractivity contribution is -0.135. The first-order valence-corrected chi connectivity index (χ1v) is 5.27. The van der Waals surface area contributed by atoms with E-state index in [2.05, 4.69) is 0 Å². The van der Waals surface area contributed by atoms with Crippen LogP contribution in [0.15, 0.2) is 18.2 Å². The summed E-state index contributed by atoms with van der Waals surface area (Å²) < 4.78 is 10.7. The smallest absolute Gasteiger partial charge is 0.262 e. The van der Waals surface area contributed by atoms with Gasteiger partial charge in [0.15, 0.2) is 17.6 Å². The van der Waals surface area contributed by atoms with E-state index in [-0.39, 0.29) is 5.91 Å². The molecule has 0 aliphatic rings. The zero-order valence-electron chi connectivity index (χ0n) is 10.6. The quantitative estimate of drug-likeness (QED) is 0.799. The van der Waals surface area contributed by atoms with Crippen LogP contribution in [0.1, 0.15) is 6.92 Å². The van der Waals surface area contributed by atoms with Crippen molar-refractivity contribution in [2.24, 2.45) is 0 Å². The summed E-state index contributed by atoms with van der Waals surface area (Å²) in [7, 11) is 4.90. The molecule has 2 N–H and O–H groups in total. The number of nitrogens with zero attached hydrogens (tertiary/aromatic N) is 1. The van der Waals surface area contributed by atoms with Gasteiger partial charge in [-0.3, -0.25) is 4.79 Å². The lowest BCUT2D eigenvalue weighted by atomic mass is 10.2. The SMILES string of the molecule is COc1ccc(N)cc1OC(C)C(=O)N(C)C. The van der Waals surface area contributed by atoms with Crippen molar-refractivity contribution in [1.29, 1.82) is 0 Å². The largest absolute Gasteiger partial charge is 0.493 e. The van der Waals surface area contributed by atoms with E-state index in [4.69, 9.17) is 15.2 Å². The fourth-order valence-electron chi connectivity index (χ4n) is 1.39. The summed E-state index contributed by atoms with van der Waals surface area (Å²) in [5, 5.41) is 0. The van der Waals surface area contributed by atoms with Crippen molar-refractivity contribution in [2.45, 2.75) is 13.0 Å². The molecule has 1 rings (SSSR count). The number of hydrogen-bond donors (Lipinski definition) is 1. The van der Waals surface area contributed by atoms with Crippen molar-refractivity contribution in [3.63, 3.8) is 0 Å². The summed E-state index contributed by atoms with van der Waals surface area (Å²) in [5.74, 6) is 0.905. The van der Waals surface area contributed by atoms with Crippen LogP contribution in [0.5, 0.6) is 11.5 Å². The Morgan fingerprint density at radius 2 is 2.00 bits per heavy atom. The number of benzene rings is 1. The summed E-state index contributed by atoms with van der Waals surface area (Å²) in [6, 6.07) is 5.06. The van der Waals surface area contributed by atoms with Crippen LogP contribution in [0.3, 0.4) is 0 Å². The highest BCUT2D eigenvalue weighted by Crippen LogP contribution is 2.29. The standard InChI is InChI=1S/C12H18N2O3/c1-8(12(15)14(2)3)17-11-7-9(13)5-6-10(11)16-4/h5-8H,13H2,1-4H3. The third kappa shape index (κ3) is 3.27. The van der Waals surface area contributed by atoms with Crippen LogP contribution in [-0.2, 0) is 4.79 Å². The monoisotopic (exact) mass is 238 g/mol. The first-order valence-electron chi connectivity index (χ1n) is 5.27. The van der Waals surface area contributed by atoms with Gasteiger partial charge in [-0.2, -0.15) is 0 Å². The Bertz CT molecular complexity index is 405. The third-order valence-corrected chi connectivity index (χ3v) is 2.28. The van der Waals surface area contributed by atoms with Gasteiger partial charge < -0.3 is 20.1 Å². The average molecular weight is 238 g/mol. The Kier molecular flexibility index (Phi) is 4.20. The Labute approximate surface area is 101 Å². The van der Waals surface area contributed by atoms with E-state index in [0.717, 1.165) is 0 Å². The molecule has 94 valence electrons. The number of amides is 1. The van der Waals surface area contributed by atoms with Gasteiger partial charge in [0, 0.05) is 25.8 Å². The minimum atomic E-state index is -0.583. The Morgan fingerprint density at radius 1 is 1.35 bits per heavy atom. The fraction of sp³-hybridized carbons (Fsp3) is 0.417. The number of ether oxygens (including phenoxy) is 2. The first kappa shape index (κ1) is 13.2. The normalized spacial score (nSPS) is 11.8. The molecule has 0 saturated heterocycles. The highest BCUT2D eigenvalue weighted by atomic mass is 16.5. The van der Waals surface area contributed by atoms with Gasteiger partial charge in [0.1, 0.15) is 0 Å². The maximum Gasteiger partial charge on any atom is 0.262 e. The zero-order chi connectivity index (χ0) is 13.0. The maximum absolute atomic E-state index is 11.7. The molecule has 1 aromatic rings. The highest BCUT2D eigenvalue weighted by molar-refractivity contribution is 5.80. The van der Waals surface area contributed by atoms with Crippen molar-refractivity contribution >= 4 is 11.6 Å². The summed E-state index contributed by atoms with van der Waals surface area (Å²) in [6.45, 7) is 1.69. The van der Waals surface area contributed by atoms with Crippen LogP contribution >= 0.6 is 0 Å². The molecule has 1 amide bonds. The summed E-state index contributed by atoms with van der Waals surface area (Å²) in [6.07, 6.45) is -0.583. The second kappa shape index (κ2) is 5.43. The Hall–Kier alpha value is -1.91. The molecule has 0 spiro atoms. The summed E-state index contributed by atoms with van der Waals surface area (Å²) in [5.41, 5.74) is 6.22. The summed E-state index contributed by atoms with van der Waals surface area (Å²) in [4.78, 5) is 13.1. The maximum atomic E-state index is 11.7. The van der Waals surface area contributed by atoms with E-state index in [0.29, 0.717) is 17.2 Å². The van der Waals surface area contributed by atoms with Gasteiger partial charge in [-0.05, 0) is 19.1 Å². The van der Waals surface area contributed by atoms with Crippen molar-refractivity contribution in [1.82, 2.24) is 4.90 Å². The number of anilines is 1. The molecule has 0 aliphatic carbocycles. The fourth-order valence-corrected chi connectivity index (χ4v) is 1.39.